The van der Waals surface area contributed by atoms with E-state index in [1.54, 1.807) is 6.07 Å². The van der Waals surface area contributed by atoms with Crippen LogP contribution < -0.4 is 10.1 Å². The van der Waals surface area contributed by atoms with E-state index in [1.807, 2.05) is 55.5 Å². The van der Waals surface area contributed by atoms with Crippen LogP contribution in [-0.4, -0.2) is 17.5 Å². The van der Waals surface area contributed by atoms with Gasteiger partial charge in [0.1, 0.15) is 11.6 Å². The number of amides is 1. The van der Waals surface area contributed by atoms with Crippen LogP contribution in [0.3, 0.4) is 0 Å². The molecule has 29 heavy (non-hydrogen) atoms. The second-order valence-corrected chi connectivity index (χ2v) is 6.49. The van der Waals surface area contributed by atoms with E-state index in [0.717, 1.165) is 22.2 Å². The molecule has 1 N–H and O–H groups in total. The fraction of sp³-hybridized carbons (Fsp3) is 0.0833. The number of ether oxygens (including phenoxy) is 1. The lowest BCUT2D eigenvalue weighted by Gasteiger charge is -2.11. The van der Waals surface area contributed by atoms with Gasteiger partial charge in [-0.25, -0.2) is 9.37 Å². The third kappa shape index (κ3) is 4.09. The fourth-order valence-corrected chi connectivity index (χ4v) is 3.13. The van der Waals surface area contributed by atoms with Gasteiger partial charge in [0.05, 0.1) is 23.4 Å². The molecule has 0 aliphatic rings. The molecule has 0 spiro atoms. The Morgan fingerprint density at radius 1 is 1.00 bits per heavy atom. The summed E-state index contributed by atoms with van der Waals surface area (Å²) in [4.78, 5) is 17.7. The minimum Gasteiger partial charge on any atom is -0.494 e. The molecule has 144 valence electrons. The summed E-state index contributed by atoms with van der Waals surface area (Å²) in [5, 5.41) is 3.58. The summed E-state index contributed by atoms with van der Waals surface area (Å²) in [7, 11) is 0. The van der Waals surface area contributed by atoms with Crippen LogP contribution in [0.25, 0.3) is 22.2 Å². The molecule has 3 aromatic carbocycles. The normalized spacial score (nSPS) is 10.7. The second kappa shape index (κ2) is 8.10. The molecular weight excluding hydrogens is 367 g/mol. The molecule has 5 heteroatoms. The van der Waals surface area contributed by atoms with Crippen molar-refractivity contribution in [2.45, 2.75) is 6.92 Å². The van der Waals surface area contributed by atoms with Crippen molar-refractivity contribution in [2.75, 3.05) is 11.9 Å². The zero-order chi connectivity index (χ0) is 20.2. The van der Waals surface area contributed by atoms with E-state index < -0.39 is 0 Å². The maximum Gasteiger partial charge on any atom is 0.256 e. The maximum atomic E-state index is 13.1. The van der Waals surface area contributed by atoms with Crippen LogP contribution in [0, 0.1) is 5.82 Å². The van der Waals surface area contributed by atoms with Gasteiger partial charge in [-0.3, -0.25) is 4.79 Å². The number of anilines is 1. The molecule has 4 aromatic rings. The second-order valence-electron chi connectivity index (χ2n) is 6.49. The standard InChI is InChI=1S/C24H19FN2O2/c1-2-29-19-13-7-16(8-14-19)23-15-21(20-5-3-4-6-22(20)27-23)24(28)26-18-11-9-17(25)10-12-18/h3-15H,2H2,1H3,(H,26,28). The Balaban J connectivity index is 1.74. The molecular formula is C24H19FN2O2. The van der Waals surface area contributed by atoms with E-state index >= 15 is 0 Å². The monoisotopic (exact) mass is 386 g/mol. The number of hydrogen-bond donors (Lipinski definition) is 1. The number of fused-ring (bicyclic) bond motifs is 1. The number of carbonyl (C=O) groups excluding carboxylic acids is 1. The summed E-state index contributed by atoms with van der Waals surface area (Å²) >= 11 is 0. The highest BCUT2D eigenvalue weighted by Gasteiger charge is 2.14. The number of nitrogens with one attached hydrogen (secondary N) is 1. The van der Waals surface area contributed by atoms with Gasteiger partial charge in [-0.05, 0) is 67.6 Å². The van der Waals surface area contributed by atoms with Crippen molar-refractivity contribution in [3.05, 3.63) is 90.2 Å². The summed E-state index contributed by atoms with van der Waals surface area (Å²) < 4.78 is 18.6. The van der Waals surface area contributed by atoms with Crippen LogP contribution in [0.4, 0.5) is 10.1 Å². The van der Waals surface area contributed by atoms with Gasteiger partial charge in [0.15, 0.2) is 0 Å². The quantitative estimate of drug-likeness (QED) is 0.479. The minimum absolute atomic E-state index is 0.276. The SMILES string of the molecule is CCOc1ccc(-c2cc(C(=O)Nc3ccc(F)cc3)c3ccccc3n2)cc1. The number of para-hydroxylation sites is 1. The highest BCUT2D eigenvalue weighted by atomic mass is 19.1. The molecule has 1 amide bonds. The maximum absolute atomic E-state index is 13.1. The Labute approximate surface area is 168 Å². The summed E-state index contributed by atoms with van der Waals surface area (Å²) in [6, 6.07) is 22.6. The number of nitrogens with zero attached hydrogens (tertiary/aromatic N) is 1. The molecule has 0 saturated carbocycles. The first-order chi connectivity index (χ1) is 14.1. The Bertz CT molecular complexity index is 1160. The van der Waals surface area contributed by atoms with E-state index in [4.69, 9.17) is 9.72 Å². The number of benzene rings is 3. The Morgan fingerprint density at radius 3 is 2.45 bits per heavy atom. The summed E-state index contributed by atoms with van der Waals surface area (Å²) in [5.74, 6) is 0.156. The van der Waals surface area contributed by atoms with Crippen molar-refractivity contribution < 1.29 is 13.9 Å². The van der Waals surface area contributed by atoms with Crippen LogP contribution in [0.1, 0.15) is 17.3 Å². The molecule has 0 aliphatic heterocycles. The summed E-state index contributed by atoms with van der Waals surface area (Å²) in [6.07, 6.45) is 0. The zero-order valence-electron chi connectivity index (χ0n) is 15.9. The molecule has 4 rings (SSSR count). The lowest BCUT2D eigenvalue weighted by atomic mass is 10.0. The van der Waals surface area contributed by atoms with Crippen molar-refractivity contribution in [3.8, 4) is 17.0 Å². The molecule has 4 nitrogen and oxygen atoms in total. The smallest absolute Gasteiger partial charge is 0.256 e. The van der Waals surface area contributed by atoms with Crippen molar-refractivity contribution in [2.24, 2.45) is 0 Å². The van der Waals surface area contributed by atoms with Gasteiger partial charge >= 0.3 is 0 Å². The lowest BCUT2D eigenvalue weighted by Crippen LogP contribution is -2.13. The van der Waals surface area contributed by atoms with Crippen LogP contribution in [-0.2, 0) is 0 Å². The largest absolute Gasteiger partial charge is 0.494 e. The van der Waals surface area contributed by atoms with Gasteiger partial charge in [-0.2, -0.15) is 0 Å². The summed E-state index contributed by atoms with van der Waals surface area (Å²) in [5.41, 5.74) is 3.33. The molecule has 1 aromatic heterocycles. The van der Waals surface area contributed by atoms with Crippen molar-refractivity contribution in [1.82, 2.24) is 4.98 Å². The predicted molar refractivity (Wildman–Crippen MR) is 113 cm³/mol. The molecule has 0 bridgehead atoms. The number of rotatable bonds is 5. The number of pyridine rings is 1. The minimum atomic E-state index is -0.352. The summed E-state index contributed by atoms with van der Waals surface area (Å²) in [6.45, 7) is 2.53. The average Bonchev–Trinajstić information content (AvgIpc) is 2.75. The van der Waals surface area contributed by atoms with Crippen LogP contribution in [0.5, 0.6) is 5.75 Å². The van der Waals surface area contributed by atoms with Crippen molar-refractivity contribution in [3.63, 3.8) is 0 Å². The van der Waals surface area contributed by atoms with Crippen molar-refractivity contribution >= 4 is 22.5 Å². The van der Waals surface area contributed by atoms with Gasteiger partial charge in [-0.15, -0.1) is 0 Å². The Kier molecular flexibility index (Phi) is 5.20. The lowest BCUT2D eigenvalue weighted by molar-refractivity contribution is 0.102. The first kappa shape index (κ1) is 18.6. The molecule has 0 unspecified atom stereocenters. The third-order valence-electron chi connectivity index (χ3n) is 4.52. The van der Waals surface area contributed by atoms with Crippen LogP contribution >= 0.6 is 0 Å². The van der Waals surface area contributed by atoms with E-state index in [1.165, 1.54) is 24.3 Å². The highest BCUT2D eigenvalue weighted by Crippen LogP contribution is 2.27. The Hall–Kier alpha value is -3.73. The number of aromatic nitrogens is 1. The first-order valence-corrected chi connectivity index (χ1v) is 9.34. The third-order valence-corrected chi connectivity index (χ3v) is 4.52. The molecule has 0 fully saturated rings. The molecule has 1 heterocycles. The van der Waals surface area contributed by atoms with Crippen LogP contribution in [0.15, 0.2) is 78.9 Å². The molecule has 0 radical (unpaired) electrons. The zero-order valence-corrected chi connectivity index (χ0v) is 15.9. The van der Waals surface area contributed by atoms with Crippen LogP contribution in [0.2, 0.25) is 0 Å². The molecule has 0 saturated heterocycles. The topological polar surface area (TPSA) is 51.2 Å². The van der Waals surface area contributed by atoms with Gasteiger partial charge < -0.3 is 10.1 Å². The first-order valence-electron chi connectivity index (χ1n) is 9.34. The van der Waals surface area contributed by atoms with Gasteiger partial charge in [0.2, 0.25) is 0 Å². The fourth-order valence-electron chi connectivity index (χ4n) is 3.13. The van der Waals surface area contributed by atoms with E-state index in [0.29, 0.717) is 23.6 Å². The van der Waals surface area contributed by atoms with E-state index in [9.17, 15) is 9.18 Å². The van der Waals surface area contributed by atoms with E-state index in [-0.39, 0.29) is 11.7 Å². The predicted octanol–water partition coefficient (Wildman–Crippen LogP) is 5.69. The van der Waals surface area contributed by atoms with Gasteiger partial charge in [0.25, 0.3) is 5.91 Å². The Morgan fingerprint density at radius 2 is 1.72 bits per heavy atom. The highest BCUT2D eigenvalue weighted by molar-refractivity contribution is 6.13. The molecule has 0 aliphatic carbocycles. The van der Waals surface area contributed by atoms with Gasteiger partial charge in [-0.1, -0.05) is 18.2 Å². The number of halogens is 1. The van der Waals surface area contributed by atoms with Crippen molar-refractivity contribution in [1.29, 1.82) is 0 Å². The average molecular weight is 386 g/mol. The molecule has 0 atom stereocenters. The number of hydrogen-bond acceptors (Lipinski definition) is 3. The van der Waals surface area contributed by atoms with E-state index in [2.05, 4.69) is 5.32 Å². The van der Waals surface area contributed by atoms with Gasteiger partial charge in [0, 0.05) is 16.6 Å². The number of carbonyl (C=O) groups is 1.